The van der Waals surface area contributed by atoms with Gasteiger partial charge in [-0.25, -0.2) is 0 Å². The summed E-state index contributed by atoms with van der Waals surface area (Å²) >= 11 is 0. The second-order valence-corrected chi connectivity index (χ2v) is 5.21. The van der Waals surface area contributed by atoms with Crippen molar-refractivity contribution in [1.82, 2.24) is 15.1 Å². The van der Waals surface area contributed by atoms with Crippen LogP contribution in [0.25, 0.3) is 0 Å². The van der Waals surface area contributed by atoms with Gasteiger partial charge in [0.2, 0.25) is 0 Å². The van der Waals surface area contributed by atoms with Gasteiger partial charge in [-0.05, 0) is 44.4 Å². The van der Waals surface area contributed by atoms with Crippen molar-refractivity contribution in [1.29, 1.82) is 0 Å². The lowest BCUT2D eigenvalue weighted by molar-refractivity contribution is 0.558. The van der Waals surface area contributed by atoms with Gasteiger partial charge in [0, 0.05) is 19.3 Å². The molecule has 1 aromatic heterocycles. The Morgan fingerprint density at radius 1 is 1.26 bits per heavy atom. The summed E-state index contributed by atoms with van der Waals surface area (Å²) in [6, 6.07) is 9.16. The van der Waals surface area contributed by atoms with Crippen molar-refractivity contribution >= 4 is 0 Å². The topological polar surface area (TPSA) is 29.9 Å². The molecule has 0 spiro atoms. The molecule has 1 N–H and O–H groups in total. The van der Waals surface area contributed by atoms with Crippen LogP contribution >= 0.6 is 0 Å². The molecule has 0 fully saturated rings. The van der Waals surface area contributed by atoms with Gasteiger partial charge in [0.05, 0.1) is 6.20 Å². The lowest BCUT2D eigenvalue weighted by Gasteiger charge is -2.14. The van der Waals surface area contributed by atoms with E-state index >= 15 is 0 Å². The van der Waals surface area contributed by atoms with Crippen molar-refractivity contribution in [3.8, 4) is 0 Å². The van der Waals surface area contributed by atoms with E-state index in [2.05, 4.69) is 54.7 Å². The van der Waals surface area contributed by atoms with Gasteiger partial charge in [-0.3, -0.25) is 4.68 Å². The number of hydrogen-bond donors (Lipinski definition) is 1. The minimum atomic E-state index is 0.412. The molecule has 3 nitrogen and oxygen atoms in total. The molecule has 19 heavy (non-hydrogen) atoms. The van der Waals surface area contributed by atoms with Gasteiger partial charge in [0.25, 0.3) is 0 Å². The van der Waals surface area contributed by atoms with E-state index in [1.54, 1.807) is 0 Å². The maximum atomic E-state index is 4.18. The Labute approximate surface area is 115 Å². The van der Waals surface area contributed by atoms with Crippen LogP contribution in [0, 0.1) is 6.92 Å². The molecule has 0 bridgehead atoms. The van der Waals surface area contributed by atoms with E-state index in [-0.39, 0.29) is 0 Å². The SMILES string of the molecule is Cc1ccc([C@@H](C)NCCCc2cnn(C)c2)cc1. The van der Waals surface area contributed by atoms with Crippen LogP contribution in [0.3, 0.4) is 0 Å². The summed E-state index contributed by atoms with van der Waals surface area (Å²) in [4.78, 5) is 0. The van der Waals surface area contributed by atoms with Crippen LogP contribution in [0.5, 0.6) is 0 Å². The first-order valence-corrected chi connectivity index (χ1v) is 6.92. The average molecular weight is 257 g/mol. The molecular formula is C16H23N3. The normalized spacial score (nSPS) is 12.6. The first-order valence-electron chi connectivity index (χ1n) is 6.92. The van der Waals surface area contributed by atoms with Gasteiger partial charge in [-0.15, -0.1) is 0 Å². The lowest BCUT2D eigenvalue weighted by atomic mass is 10.1. The molecule has 1 heterocycles. The number of rotatable bonds is 6. The van der Waals surface area contributed by atoms with Crippen molar-refractivity contribution in [2.24, 2.45) is 7.05 Å². The van der Waals surface area contributed by atoms with Crippen LogP contribution in [0.4, 0.5) is 0 Å². The summed E-state index contributed by atoms with van der Waals surface area (Å²) in [5, 5.41) is 7.75. The molecule has 2 aromatic rings. The first-order chi connectivity index (χ1) is 9.15. The summed E-state index contributed by atoms with van der Waals surface area (Å²) < 4.78 is 1.86. The highest BCUT2D eigenvalue weighted by molar-refractivity contribution is 5.23. The minimum Gasteiger partial charge on any atom is -0.310 e. The fraction of sp³-hybridized carbons (Fsp3) is 0.438. The molecular weight excluding hydrogens is 234 g/mol. The molecule has 0 amide bonds. The highest BCUT2D eigenvalue weighted by atomic mass is 15.2. The summed E-state index contributed by atoms with van der Waals surface area (Å²) in [5.41, 5.74) is 3.98. The third-order valence-corrected chi connectivity index (χ3v) is 3.43. The van der Waals surface area contributed by atoms with Gasteiger partial charge in [-0.1, -0.05) is 29.8 Å². The maximum Gasteiger partial charge on any atom is 0.0521 e. The zero-order valence-electron chi connectivity index (χ0n) is 12.1. The van der Waals surface area contributed by atoms with Gasteiger partial charge >= 0.3 is 0 Å². The standard InChI is InChI=1S/C16H23N3/c1-13-6-8-16(9-7-13)14(2)17-10-4-5-15-11-18-19(3)12-15/h6-9,11-12,14,17H,4-5,10H2,1-3H3/t14-/m1/s1. The molecule has 0 radical (unpaired) electrons. The predicted molar refractivity (Wildman–Crippen MR) is 79.1 cm³/mol. The molecule has 3 heteroatoms. The highest BCUT2D eigenvalue weighted by Gasteiger charge is 2.04. The second kappa shape index (κ2) is 6.53. The van der Waals surface area contributed by atoms with Crippen LogP contribution in [0.1, 0.15) is 36.1 Å². The van der Waals surface area contributed by atoms with Gasteiger partial charge < -0.3 is 5.32 Å². The van der Waals surface area contributed by atoms with E-state index in [0.29, 0.717) is 6.04 Å². The van der Waals surface area contributed by atoms with Crippen LogP contribution in [0.15, 0.2) is 36.7 Å². The Bertz CT molecular complexity index is 499. The quantitative estimate of drug-likeness (QED) is 0.806. The number of nitrogens with one attached hydrogen (secondary N) is 1. The van der Waals surface area contributed by atoms with Crippen LogP contribution in [-0.2, 0) is 13.5 Å². The molecule has 0 unspecified atom stereocenters. The Morgan fingerprint density at radius 3 is 2.63 bits per heavy atom. The molecule has 1 aromatic carbocycles. The van der Waals surface area contributed by atoms with Gasteiger partial charge in [-0.2, -0.15) is 5.10 Å². The van der Waals surface area contributed by atoms with E-state index in [4.69, 9.17) is 0 Å². The summed E-state index contributed by atoms with van der Waals surface area (Å²) in [6.07, 6.45) is 6.26. The zero-order chi connectivity index (χ0) is 13.7. The molecule has 0 aliphatic carbocycles. The molecule has 0 aliphatic rings. The van der Waals surface area contributed by atoms with Gasteiger partial charge in [0.15, 0.2) is 0 Å². The largest absolute Gasteiger partial charge is 0.310 e. The van der Waals surface area contributed by atoms with Crippen molar-refractivity contribution in [3.63, 3.8) is 0 Å². The number of aromatic nitrogens is 2. The molecule has 2 rings (SSSR count). The molecule has 102 valence electrons. The number of benzene rings is 1. The van der Waals surface area contributed by atoms with Crippen LogP contribution in [0.2, 0.25) is 0 Å². The monoisotopic (exact) mass is 257 g/mol. The zero-order valence-corrected chi connectivity index (χ0v) is 12.1. The van der Waals surface area contributed by atoms with Crippen LogP contribution in [-0.4, -0.2) is 16.3 Å². The molecule has 0 aliphatic heterocycles. The van der Waals surface area contributed by atoms with E-state index in [1.807, 2.05) is 17.9 Å². The minimum absolute atomic E-state index is 0.412. The van der Waals surface area contributed by atoms with Crippen LogP contribution < -0.4 is 5.32 Å². The fourth-order valence-electron chi connectivity index (χ4n) is 2.19. The van der Waals surface area contributed by atoms with E-state index in [1.165, 1.54) is 16.7 Å². The Kier molecular flexibility index (Phi) is 4.74. The van der Waals surface area contributed by atoms with Crippen molar-refractivity contribution in [3.05, 3.63) is 53.3 Å². The molecule has 0 saturated heterocycles. The van der Waals surface area contributed by atoms with Gasteiger partial charge in [0.1, 0.15) is 0 Å². The maximum absolute atomic E-state index is 4.18. The predicted octanol–water partition coefficient (Wildman–Crippen LogP) is 3.01. The van der Waals surface area contributed by atoms with Crippen molar-refractivity contribution in [2.75, 3.05) is 6.54 Å². The smallest absolute Gasteiger partial charge is 0.0521 e. The lowest BCUT2D eigenvalue weighted by Crippen LogP contribution is -2.20. The Morgan fingerprint density at radius 2 is 2.00 bits per heavy atom. The van der Waals surface area contributed by atoms with Crippen molar-refractivity contribution in [2.45, 2.75) is 32.7 Å². The number of nitrogens with zero attached hydrogens (tertiary/aromatic N) is 2. The number of hydrogen-bond acceptors (Lipinski definition) is 2. The van der Waals surface area contributed by atoms with Crippen molar-refractivity contribution < 1.29 is 0 Å². The first kappa shape index (κ1) is 13.8. The summed E-state index contributed by atoms with van der Waals surface area (Å²) in [6.45, 7) is 5.37. The highest BCUT2D eigenvalue weighted by Crippen LogP contribution is 2.13. The summed E-state index contributed by atoms with van der Waals surface area (Å²) in [5.74, 6) is 0. The third-order valence-electron chi connectivity index (χ3n) is 3.43. The fourth-order valence-corrected chi connectivity index (χ4v) is 2.19. The van der Waals surface area contributed by atoms with E-state index in [9.17, 15) is 0 Å². The van der Waals surface area contributed by atoms with E-state index in [0.717, 1.165) is 19.4 Å². The Hall–Kier alpha value is -1.61. The molecule has 1 atom stereocenters. The molecule has 0 saturated carbocycles. The third kappa shape index (κ3) is 4.21. The van der Waals surface area contributed by atoms with E-state index < -0.39 is 0 Å². The Balaban J connectivity index is 1.72. The summed E-state index contributed by atoms with van der Waals surface area (Å²) in [7, 11) is 1.96. The second-order valence-electron chi connectivity index (χ2n) is 5.21. The number of aryl methyl sites for hydroxylation is 3. The average Bonchev–Trinajstić information content (AvgIpc) is 2.81.